The molecule has 2 N–H and O–H groups in total. The van der Waals surface area contributed by atoms with Gasteiger partial charge in [-0.1, -0.05) is 12.1 Å². The first-order valence-corrected chi connectivity index (χ1v) is 8.02. The van der Waals surface area contributed by atoms with Crippen LogP contribution in [0.5, 0.6) is 5.75 Å². The van der Waals surface area contributed by atoms with Gasteiger partial charge in [-0.3, -0.25) is 4.40 Å². The summed E-state index contributed by atoms with van der Waals surface area (Å²) < 4.78 is 7.95. The zero-order chi connectivity index (χ0) is 14.8. The van der Waals surface area contributed by atoms with Gasteiger partial charge in [-0.05, 0) is 32.5 Å². The molecule has 2 aromatic heterocycles. The van der Waals surface area contributed by atoms with Crippen LogP contribution in [-0.2, 0) is 6.42 Å². The second-order valence-corrected chi connectivity index (χ2v) is 5.71. The number of hydrogen-bond acceptors (Lipinski definition) is 4. The smallest absolute Gasteiger partial charge is 0.194 e. The van der Waals surface area contributed by atoms with Crippen molar-refractivity contribution in [1.29, 1.82) is 0 Å². The number of imidazole rings is 1. The maximum Gasteiger partial charge on any atom is 0.194 e. The minimum absolute atomic E-state index is 0.604. The summed E-state index contributed by atoms with van der Waals surface area (Å²) in [5.41, 5.74) is 10.2. The molecule has 4 nitrogen and oxygen atoms in total. The molecule has 0 amide bonds. The lowest BCUT2D eigenvalue weighted by atomic mass is 10.1. The van der Waals surface area contributed by atoms with E-state index in [-0.39, 0.29) is 0 Å². The Balaban J connectivity index is 2.22. The number of thiazole rings is 1. The van der Waals surface area contributed by atoms with Crippen molar-refractivity contribution in [2.24, 2.45) is 5.73 Å². The fraction of sp³-hybridized carbons (Fsp3) is 0.312. The van der Waals surface area contributed by atoms with Crippen LogP contribution in [0.4, 0.5) is 0 Å². The molecule has 110 valence electrons. The number of fused-ring (bicyclic) bond motifs is 1. The SMILES string of the molecule is CCOc1ccccc1-c1nc2scc(C)n2c1CCN. The van der Waals surface area contributed by atoms with Crippen molar-refractivity contribution < 1.29 is 4.74 Å². The summed E-state index contributed by atoms with van der Waals surface area (Å²) in [6.07, 6.45) is 0.800. The number of para-hydroxylation sites is 1. The van der Waals surface area contributed by atoms with Gasteiger partial charge in [0.25, 0.3) is 0 Å². The molecule has 0 radical (unpaired) electrons. The zero-order valence-corrected chi connectivity index (χ0v) is 13.1. The van der Waals surface area contributed by atoms with Gasteiger partial charge in [-0.2, -0.15) is 0 Å². The van der Waals surface area contributed by atoms with Crippen LogP contribution in [0.15, 0.2) is 29.6 Å². The Morgan fingerprint density at radius 2 is 2.14 bits per heavy atom. The molecular weight excluding hydrogens is 282 g/mol. The van der Waals surface area contributed by atoms with Crippen molar-refractivity contribution in [3.05, 3.63) is 41.0 Å². The first-order chi connectivity index (χ1) is 10.3. The first kappa shape index (κ1) is 14.1. The lowest BCUT2D eigenvalue weighted by molar-refractivity contribution is 0.341. The normalized spacial score (nSPS) is 11.2. The van der Waals surface area contributed by atoms with Crippen molar-refractivity contribution >= 4 is 16.3 Å². The predicted molar refractivity (Wildman–Crippen MR) is 87.2 cm³/mol. The maximum atomic E-state index is 5.80. The number of aromatic nitrogens is 2. The summed E-state index contributed by atoms with van der Waals surface area (Å²) in [5.74, 6) is 0.877. The van der Waals surface area contributed by atoms with E-state index < -0.39 is 0 Å². The number of aryl methyl sites for hydroxylation is 1. The van der Waals surface area contributed by atoms with Crippen LogP contribution in [0.2, 0.25) is 0 Å². The maximum absolute atomic E-state index is 5.80. The topological polar surface area (TPSA) is 52.5 Å². The Kier molecular flexibility index (Phi) is 3.94. The van der Waals surface area contributed by atoms with Gasteiger partial charge in [0.2, 0.25) is 0 Å². The van der Waals surface area contributed by atoms with Gasteiger partial charge >= 0.3 is 0 Å². The van der Waals surface area contributed by atoms with E-state index >= 15 is 0 Å². The Bertz CT molecular complexity index is 760. The average Bonchev–Trinajstić information content (AvgIpc) is 3.02. The summed E-state index contributed by atoms with van der Waals surface area (Å²) >= 11 is 1.66. The molecule has 5 heteroatoms. The third-order valence-electron chi connectivity index (χ3n) is 3.45. The average molecular weight is 301 g/mol. The highest BCUT2D eigenvalue weighted by Crippen LogP contribution is 2.34. The van der Waals surface area contributed by atoms with Crippen LogP contribution in [0.3, 0.4) is 0 Å². The Morgan fingerprint density at radius 1 is 1.33 bits per heavy atom. The van der Waals surface area contributed by atoms with Gasteiger partial charge < -0.3 is 10.5 Å². The number of rotatable bonds is 5. The molecule has 0 aliphatic heterocycles. The van der Waals surface area contributed by atoms with E-state index in [0.717, 1.165) is 28.4 Å². The van der Waals surface area contributed by atoms with Crippen molar-refractivity contribution in [1.82, 2.24) is 9.38 Å². The van der Waals surface area contributed by atoms with Crippen molar-refractivity contribution in [3.63, 3.8) is 0 Å². The Morgan fingerprint density at radius 3 is 2.90 bits per heavy atom. The molecule has 3 aromatic rings. The van der Waals surface area contributed by atoms with Crippen LogP contribution in [0.25, 0.3) is 16.2 Å². The second kappa shape index (κ2) is 5.87. The lowest BCUT2D eigenvalue weighted by Crippen LogP contribution is -2.07. The van der Waals surface area contributed by atoms with E-state index in [1.54, 1.807) is 11.3 Å². The summed E-state index contributed by atoms with van der Waals surface area (Å²) in [5, 5.41) is 2.13. The molecule has 0 aliphatic carbocycles. The molecule has 0 saturated heterocycles. The van der Waals surface area contributed by atoms with E-state index in [0.29, 0.717) is 13.2 Å². The molecule has 0 unspecified atom stereocenters. The van der Waals surface area contributed by atoms with Crippen molar-refractivity contribution in [2.75, 3.05) is 13.2 Å². The predicted octanol–water partition coefficient (Wildman–Crippen LogP) is 3.27. The number of nitrogens with two attached hydrogens (primary N) is 1. The van der Waals surface area contributed by atoms with E-state index in [4.69, 9.17) is 15.5 Å². The van der Waals surface area contributed by atoms with E-state index in [1.807, 2.05) is 25.1 Å². The molecular formula is C16H19N3OS. The van der Waals surface area contributed by atoms with Crippen molar-refractivity contribution in [2.45, 2.75) is 20.3 Å². The van der Waals surface area contributed by atoms with Gasteiger partial charge in [0.15, 0.2) is 4.96 Å². The summed E-state index contributed by atoms with van der Waals surface area (Å²) in [4.78, 5) is 5.82. The zero-order valence-electron chi connectivity index (χ0n) is 12.3. The quantitative estimate of drug-likeness (QED) is 0.787. The fourth-order valence-electron chi connectivity index (χ4n) is 2.59. The minimum Gasteiger partial charge on any atom is -0.493 e. The van der Waals surface area contributed by atoms with Crippen LogP contribution in [0.1, 0.15) is 18.3 Å². The van der Waals surface area contributed by atoms with Crippen molar-refractivity contribution in [3.8, 4) is 17.0 Å². The molecule has 2 heterocycles. The summed E-state index contributed by atoms with van der Waals surface area (Å²) in [6, 6.07) is 8.06. The number of hydrogen-bond donors (Lipinski definition) is 1. The third-order valence-corrected chi connectivity index (χ3v) is 4.40. The molecule has 0 bridgehead atoms. The molecule has 0 fully saturated rings. The van der Waals surface area contributed by atoms with Crippen LogP contribution in [0, 0.1) is 6.92 Å². The first-order valence-electron chi connectivity index (χ1n) is 7.14. The van der Waals surface area contributed by atoms with Gasteiger partial charge in [0, 0.05) is 23.1 Å². The monoisotopic (exact) mass is 301 g/mol. The molecule has 0 saturated carbocycles. The molecule has 0 aliphatic rings. The Labute approximate surface area is 128 Å². The van der Waals surface area contributed by atoms with Gasteiger partial charge in [0.1, 0.15) is 5.75 Å². The Hall–Kier alpha value is -1.85. The number of ether oxygens (including phenoxy) is 1. The fourth-order valence-corrected chi connectivity index (χ4v) is 3.48. The van der Waals surface area contributed by atoms with Gasteiger partial charge in [-0.25, -0.2) is 4.98 Å². The molecule has 0 atom stereocenters. The largest absolute Gasteiger partial charge is 0.493 e. The van der Waals surface area contributed by atoms with E-state index in [9.17, 15) is 0 Å². The van der Waals surface area contributed by atoms with Gasteiger partial charge in [0.05, 0.1) is 18.0 Å². The molecule has 0 spiro atoms. The highest BCUT2D eigenvalue weighted by molar-refractivity contribution is 7.15. The van der Waals surface area contributed by atoms with E-state index in [1.165, 1.54) is 11.4 Å². The number of nitrogens with zero attached hydrogens (tertiary/aromatic N) is 2. The highest BCUT2D eigenvalue weighted by atomic mass is 32.1. The molecule has 3 rings (SSSR count). The van der Waals surface area contributed by atoms with Crippen LogP contribution >= 0.6 is 11.3 Å². The standard InChI is InChI=1S/C16H19N3OS/c1-3-20-14-7-5-4-6-12(14)15-13(8-9-17)19-11(2)10-21-16(19)18-15/h4-7,10H,3,8-9,17H2,1-2H3. The number of benzene rings is 1. The van der Waals surface area contributed by atoms with Crippen LogP contribution < -0.4 is 10.5 Å². The second-order valence-electron chi connectivity index (χ2n) is 4.87. The van der Waals surface area contributed by atoms with E-state index in [2.05, 4.69) is 22.8 Å². The summed E-state index contributed by atoms with van der Waals surface area (Å²) in [6.45, 7) is 5.34. The molecule has 21 heavy (non-hydrogen) atoms. The molecule has 1 aromatic carbocycles. The third kappa shape index (κ3) is 2.43. The lowest BCUT2D eigenvalue weighted by Gasteiger charge is -2.10. The van der Waals surface area contributed by atoms with Gasteiger partial charge in [-0.15, -0.1) is 11.3 Å². The summed E-state index contributed by atoms with van der Waals surface area (Å²) in [7, 11) is 0. The van der Waals surface area contributed by atoms with Crippen LogP contribution in [-0.4, -0.2) is 22.5 Å². The highest BCUT2D eigenvalue weighted by Gasteiger charge is 2.18. The minimum atomic E-state index is 0.604.